The molecule has 0 aliphatic rings. The van der Waals surface area contributed by atoms with Gasteiger partial charge in [-0.3, -0.25) is 4.79 Å². The van der Waals surface area contributed by atoms with Crippen molar-refractivity contribution in [3.8, 4) is 0 Å². The van der Waals surface area contributed by atoms with Gasteiger partial charge >= 0.3 is 0 Å². The van der Waals surface area contributed by atoms with Crippen molar-refractivity contribution in [2.24, 2.45) is 0 Å². The van der Waals surface area contributed by atoms with E-state index < -0.39 is 10.0 Å². The lowest BCUT2D eigenvalue weighted by Crippen LogP contribution is -2.27. The first-order valence-electron chi connectivity index (χ1n) is 7.46. The lowest BCUT2D eigenvalue weighted by atomic mass is 10.2. The second kappa shape index (κ2) is 6.90. The van der Waals surface area contributed by atoms with Gasteiger partial charge in [0.25, 0.3) is 5.91 Å². The fourth-order valence-corrected chi connectivity index (χ4v) is 4.04. The molecule has 0 atom stereocenters. The van der Waals surface area contributed by atoms with Gasteiger partial charge in [-0.1, -0.05) is 6.07 Å². The van der Waals surface area contributed by atoms with E-state index in [-0.39, 0.29) is 10.8 Å². The normalized spacial score (nSPS) is 12.0. The number of nitrogens with one attached hydrogen (secondary N) is 1. The maximum absolute atomic E-state index is 12.3. The zero-order valence-electron chi connectivity index (χ0n) is 13.7. The number of aromatic nitrogens is 3. The van der Waals surface area contributed by atoms with Crippen molar-refractivity contribution in [2.75, 3.05) is 20.6 Å². The van der Waals surface area contributed by atoms with Crippen LogP contribution in [0.2, 0.25) is 0 Å². The van der Waals surface area contributed by atoms with Crippen LogP contribution in [0.1, 0.15) is 16.1 Å². The SMILES string of the molecule is CN(C)S(=O)(=O)c1cccc(C(=O)NCCc2csc3ncnn23)c1. The number of sulfonamides is 1. The predicted octanol–water partition coefficient (Wildman–Crippen LogP) is 1.01. The highest BCUT2D eigenvalue weighted by Crippen LogP contribution is 2.15. The Morgan fingerprint density at radius 3 is 2.92 bits per heavy atom. The van der Waals surface area contributed by atoms with Crippen molar-refractivity contribution in [3.63, 3.8) is 0 Å². The molecule has 0 saturated carbocycles. The predicted molar refractivity (Wildman–Crippen MR) is 94.2 cm³/mol. The third kappa shape index (κ3) is 3.55. The molecular formula is C15H17N5O3S2. The Morgan fingerprint density at radius 1 is 1.36 bits per heavy atom. The monoisotopic (exact) mass is 379 g/mol. The van der Waals surface area contributed by atoms with E-state index >= 15 is 0 Å². The Morgan fingerprint density at radius 2 is 2.16 bits per heavy atom. The number of amides is 1. The van der Waals surface area contributed by atoms with Gasteiger partial charge in [-0.25, -0.2) is 22.2 Å². The molecule has 1 amide bonds. The molecule has 132 valence electrons. The van der Waals surface area contributed by atoms with Gasteiger partial charge in [0.15, 0.2) is 0 Å². The average Bonchev–Trinajstić information content (AvgIpc) is 3.19. The third-order valence-electron chi connectivity index (χ3n) is 3.63. The summed E-state index contributed by atoms with van der Waals surface area (Å²) in [6.45, 7) is 0.412. The van der Waals surface area contributed by atoms with Crippen LogP contribution < -0.4 is 5.32 Å². The molecule has 0 saturated heterocycles. The molecule has 0 unspecified atom stereocenters. The largest absolute Gasteiger partial charge is 0.352 e. The number of nitrogens with zero attached hydrogens (tertiary/aromatic N) is 4. The first-order valence-corrected chi connectivity index (χ1v) is 9.78. The first-order chi connectivity index (χ1) is 11.9. The highest BCUT2D eigenvalue weighted by atomic mass is 32.2. The van der Waals surface area contributed by atoms with Crippen LogP contribution in [0.3, 0.4) is 0 Å². The molecule has 0 spiro atoms. The number of hydrogen-bond acceptors (Lipinski definition) is 6. The van der Waals surface area contributed by atoms with Crippen LogP contribution in [-0.4, -0.2) is 53.9 Å². The van der Waals surface area contributed by atoms with E-state index in [2.05, 4.69) is 15.4 Å². The zero-order valence-corrected chi connectivity index (χ0v) is 15.3. The zero-order chi connectivity index (χ0) is 18.0. The van der Waals surface area contributed by atoms with Gasteiger partial charge in [0.05, 0.1) is 10.6 Å². The van der Waals surface area contributed by atoms with E-state index in [1.54, 1.807) is 16.6 Å². The van der Waals surface area contributed by atoms with Gasteiger partial charge in [0.1, 0.15) is 6.33 Å². The summed E-state index contributed by atoms with van der Waals surface area (Å²) >= 11 is 1.49. The minimum Gasteiger partial charge on any atom is -0.352 e. The van der Waals surface area contributed by atoms with E-state index in [0.29, 0.717) is 18.5 Å². The van der Waals surface area contributed by atoms with Crippen LogP contribution in [0, 0.1) is 0 Å². The Balaban J connectivity index is 1.66. The molecule has 0 radical (unpaired) electrons. The van der Waals surface area contributed by atoms with Crippen LogP contribution in [0.25, 0.3) is 4.96 Å². The van der Waals surface area contributed by atoms with Crippen LogP contribution in [-0.2, 0) is 16.4 Å². The molecule has 3 rings (SSSR count). The number of benzene rings is 1. The third-order valence-corrected chi connectivity index (χ3v) is 6.32. The van der Waals surface area contributed by atoms with Gasteiger partial charge in [-0.2, -0.15) is 5.10 Å². The number of carbonyl (C=O) groups is 1. The molecule has 0 bridgehead atoms. The van der Waals surface area contributed by atoms with Crippen molar-refractivity contribution in [1.29, 1.82) is 0 Å². The van der Waals surface area contributed by atoms with Gasteiger partial charge in [0.2, 0.25) is 15.0 Å². The molecule has 2 heterocycles. The number of fused-ring (bicyclic) bond motifs is 1. The maximum Gasteiger partial charge on any atom is 0.251 e. The van der Waals surface area contributed by atoms with Gasteiger partial charge in [-0.15, -0.1) is 11.3 Å². The second-order valence-corrected chi connectivity index (χ2v) is 8.49. The lowest BCUT2D eigenvalue weighted by molar-refractivity contribution is 0.0954. The molecule has 0 aliphatic carbocycles. The highest BCUT2D eigenvalue weighted by molar-refractivity contribution is 7.89. The minimum atomic E-state index is -3.57. The van der Waals surface area contributed by atoms with Crippen LogP contribution in [0.15, 0.2) is 40.9 Å². The van der Waals surface area contributed by atoms with Gasteiger partial charge in [-0.05, 0) is 18.2 Å². The van der Waals surface area contributed by atoms with Crippen LogP contribution in [0.5, 0.6) is 0 Å². The molecule has 2 aromatic heterocycles. The van der Waals surface area contributed by atoms with Crippen LogP contribution >= 0.6 is 11.3 Å². The van der Waals surface area contributed by atoms with E-state index in [1.165, 1.54) is 43.9 Å². The van der Waals surface area contributed by atoms with Gasteiger partial charge in [0, 0.05) is 38.0 Å². The molecule has 0 fully saturated rings. The average molecular weight is 379 g/mol. The highest BCUT2D eigenvalue weighted by Gasteiger charge is 2.18. The Labute approximate surface area is 149 Å². The maximum atomic E-state index is 12.3. The molecule has 10 heteroatoms. The second-order valence-electron chi connectivity index (χ2n) is 5.50. The summed E-state index contributed by atoms with van der Waals surface area (Å²) < 4.78 is 27.2. The van der Waals surface area contributed by atoms with E-state index in [1.807, 2.05) is 5.38 Å². The van der Waals surface area contributed by atoms with Crippen molar-refractivity contribution < 1.29 is 13.2 Å². The van der Waals surface area contributed by atoms with Crippen molar-refractivity contribution in [3.05, 3.63) is 47.2 Å². The van der Waals surface area contributed by atoms with E-state index in [9.17, 15) is 13.2 Å². The topological polar surface area (TPSA) is 96.7 Å². The summed E-state index contributed by atoms with van der Waals surface area (Å²) in [5.41, 5.74) is 1.26. The Bertz CT molecular complexity index is 1010. The van der Waals surface area contributed by atoms with E-state index in [0.717, 1.165) is 15.0 Å². The number of thiazole rings is 1. The fraction of sp³-hybridized carbons (Fsp3) is 0.267. The van der Waals surface area contributed by atoms with Gasteiger partial charge < -0.3 is 5.32 Å². The lowest BCUT2D eigenvalue weighted by Gasteiger charge is -2.12. The smallest absolute Gasteiger partial charge is 0.251 e. The summed E-state index contributed by atoms with van der Waals surface area (Å²) in [6, 6.07) is 6.00. The molecule has 1 aromatic carbocycles. The number of rotatable bonds is 6. The number of hydrogen-bond donors (Lipinski definition) is 1. The minimum absolute atomic E-state index is 0.0901. The number of carbonyl (C=O) groups excluding carboxylic acids is 1. The standard InChI is InChI=1S/C15H17N5O3S2/c1-19(2)25(22,23)13-5-3-4-11(8-13)14(21)16-7-6-12-9-24-15-17-10-18-20(12)15/h3-5,8-10H,6-7H2,1-2H3,(H,16,21). The fourth-order valence-electron chi connectivity index (χ4n) is 2.26. The molecule has 3 aromatic rings. The summed E-state index contributed by atoms with van der Waals surface area (Å²) in [4.78, 5) is 17.3. The summed E-state index contributed by atoms with van der Waals surface area (Å²) in [6.07, 6.45) is 2.09. The van der Waals surface area contributed by atoms with Crippen LogP contribution in [0.4, 0.5) is 0 Å². The summed E-state index contributed by atoms with van der Waals surface area (Å²) in [7, 11) is -0.666. The molecule has 8 nitrogen and oxygen atoms in total. The van der Waals surface area contributed by atoms with E-state index in [4.69, 9.17) is 0 Å². The molecule has 0 aliphatic heterocycles. The molecule has 1 N–H and O–H groups in total. The summed E-state index contributed by atoms with van der Waals surface area (Å²) in [5.74, 6) is -0.319. The van der Waals surface area contributed by atoms with Crippen molar-refractivity contribution >= 4 is 32.2 Å². The Kier molecular flexibility index (Phi) is 4.84. The molecule has 25 heavy (non-hydrogen) atoms. The van der Waals surface area contributed by atoms with Crippen molar-refractivity contribution in [1.82, 2.24) is 24.2 Å². The summed E-state index contributed by atoms with van der Waals surface area (Å²) in [5, 5.41) is 8.87. The quantitative estimate of drug-likeness (QED) is 0.690. The first kappa shape index (κ1) is 17.5. The molecular weight excluding hydrogens is 362 g/mol. The van der Waals surface area contributed by atoms with Crippen molar-refractivity contribution in [2.45, 2.75) is 11.3 Å². The Hall–Kier alpha value is -2.30.